The molecule has 0 aliphatic rings. The second kappa shape index (κ2) is 5.09. The van der Waals surface area contributed by atoms with Crippen LogP contribution in [0.15, 0.2) is 0 Å². The Hall–Kier alpha value is -0.130. The molecule has 0 heterocycles. The number of nitrogens with one attached hydrogen (secondary N) is 1. The Bertz CT molecular complexity index is 252. The summed E-state index contributed by atoms with van der Waals surface area (Å²) >= 11 is 0. The molecule has 0 saturated carbocycles. The summed E-state index contributed by atoms with van der Waals surface area (Å²) in [6.45, 7) is 9.44. The van der Waals surface area contributed by atoms with E-state index >= 15 is 0 Å². The number of sulfonamides is 1. The van der Waals surface area contributed by atoms with E-state index in [0.717, 1.165) is 0 Å². The van der Waals surface area contributed by atoms with Crippen LogP contribution in [-0.4, -0.2) is 32.4 Å². The zero-order valence-electron chi connectivity index (χ0n) is 9.62. The van der Waals surface area contributed by atoms with Crippen molar-refractivity contribution in [1.82, 2.24) is 4.72 Å². The summed E-state index contributed by atoms with van der Waals surface area (Å²) in [4.78, 5) is 0. The molecule has 0 rings (SSSR count). The van der Waals surface area contributed by atoms with Crippen LogP contribution in [0.3, 0.4) is 0 Å². The molecule has 0 aliphatic heterocycles. The van der Waals surface area contributed by atoms with Gasteiger partial charge in [-0.2, -0.15) is 0 Å². The van der Waals surface area contributed by atoms with E-state index < -0.39 is 15.6 Å². The summed E-state index contributed by atoms with van der Waals surface area (Å²) in [6, 6.07) is 0. The van der Waals surface area contributed by atoms with Crippen molar-refractivity contribution in [1.29, 1.82) is 0 Å². The van der Waals surface area contributed by atoms with Crippen molar-refractivity contribution in [3.8, 4) is 0 Å². The van der Waals surface area contributed by atoms with Gasteiger partial charge in [-0.15, -0.1) is 0 Å². The molecular formula is C9H21NO3S. The van der Waals surface area contributed by atoms with Gasteiger partial charge in [0, 0.05) is 5.54 Å². The maximum absolute atomic E-state index is 11.4. The van der Waals surface area contributed by atoms with Gasteiger partial charge in [-0.1, -0.05) is 0 Å². The summed E-state index contributed by atoms with van der Waals surface area (Å²) in [6.07, 6.45) is 0.0693. The number of hydrogen-bond acceptors (Lipinski definition) is 3. The molecule has 0 atom stereocenters. The van der Waals surface area contributed by atoms with E-state index in [9.17, 15) is 8.42 Å². The highest BCUT2D eigenvalue weighted by Crippen LogP contribution is 2.02. The van der Waals surface area contributed by atoms with Crippen LogP contribution < -0.4 is 4.72 Å². The fourth-order valence-electron chi connectivity index (χ4n) is 0.911. The lowest BCUT2D eigenvalue weighted by atomic mass is 10.1. The maximum Gasteiger partial charge on any atom is 0.214 e. The normalized spacial score (nSPS) is 13.6. The topological polar surface area (TPSA) is 55.4 Å². The minimum Gasteiger partial charge on any atom is -0.378 e. The van der Waals surface area contributed by atoms with E-state index in [-0.39, 0.29) is 18.5 Å². The Labute approximate surface area is 87.1 Å². The molecule has 4 nitrogen and oxygen atoms in total. The molecule has 0 amide bonds. The number of ether oxygens (including phenoxy) is 1. The fraction of sp³-hybridized carbons (Fsp3) is 1.00. The molecule has 0 aromatic rings. The SMILES string of the molecule is CC(C)OCCS(=O)(=O)NC(C)(C)C. The van der Waals surface area contributed by atoms with Gasteiger partial charge in [0.1, 0.15) is 0 Å². The smallest absolute Gasteiger partial charge is 0.214 e. The molecule has 0 spiro atoms. The van der Waals surface area contributed by atoms with Gasteiger partial charge in [-0.25, -0.2) is 13.1 Å². The summed E-state index contributed by atoms with van der Waals surface area (Å²) in [5, 5.41) is 0. The highest BCUT2D eigenvalue weighted by Gasteiger charge is 2.19. The third-order valence-electron chi connectivity index (χ3n) is 1.26. The Morgan fingerprint density at radius 2 is 1.79 bits per heavy atom. The lowest BCUT2D eigenvalue weighted by Gasteiger charge is -2.20. The summed E-state index contributed by atoms with van der Waals surface area (Å²) in [5.74, 6) is 0.0163. The average molecular weight is 223 g/mol. The van der Waals surface area contributed by atoms with Gasteiger partial charge in [0.15, 0.2) is 0 Å². The first-order chi connectivity index (χ1) is 6.12. The van der Waals surface area contributed by atoms with Gasteiger partial charge in [-0.05, 0) is 34.6 Å². The van der Waals surface area contributed by atoms with Crippen LogP contribution in [0.25, 0.3) is 0 Å². The van der Waals surface area contributed by atoms with Crippen LogP contribution in [0.2, 0.25) is 0 Å². The van der Waals surface area contributed by atoms with Crippen molar-refractivity contribution < 1.29 is 13.2 Å². The molecule has 0 aromatic carbocycles. The Morgan fingerprint density at radius 1 is 1.29 bits per heavy atom. The first-order valence-electron chi connectivity index (χ1n) is 4.76. The quantitative estimate of drug-likeness (QED) is 0.760. The molecule has 0 saturated heterocycles. The van der Waals surface area contributed by atoms with Crippen molar-refractivity contribution >= 4 is 10.0 Å². The van der Waals surface area contributed by atoms with Gasteiger partial charge in [0.05, 0.1) is 18.5 Å². The highest BCUT2D eigenvalue weighted by molar-refractivity contribution is 7.89. The van der Waals surface area contributed by atoms with E-state index in [1.807, 2.05) is 34.6 Å². The van der Waals surface area contributed by atoms with E-state index in [1.54, 1.807) is 0 Å². The monoisotopic (exact) mass is 223 g/mol. The first kappa shape index (κ1) is 13.9. The average Bonchev–Trinajstić information content (AvgIpc) is 1.78. The van der Waals surface area contributed by atoms with Crippen LogP contribution in [0.5, 0.6) is 0 Å². The van der Waals surface area contributed by atoms with Crippen molar-refractivity contribution in [3.05, 3.63) is 0 Å². The zero-order valence-corrected chi connectivity index (χ0v) is 10.4. The Kier molecular flexibility index (Phi) is 5.05. The van der Waals surface area contributed by atoms with Gasteiger partial charge in [-0.3, -0.25) is 0 Å². The molecule has 0 aromatic heterocycles. The minimum absolute atomic E-state index is 0.0163. The second-order valence-electron chi connectivity index (χ2n) is 4.59. The number of rotatable bonds is 5. The Balaban J connectivity index is 3.98. The van der Waals surface area contributed by atoms with Crippen LogP contribution >= 0.6 is 0 Å². The molecule has 5 heteroatoms. The highest BCUT2D eigenvalue weighted by atomic mass is 32.2. The molecule has 0 aliphatic carbocycles. The molecule has 0 fully saturated rings. The molecule has 14 heavy (non-hydrogen) atoms. The molecule has 0 unspecified atom stereocenters. The predicted molar refractivity (Wildman–Crippen MR) is 57.8 cm³/mol. The van der Waals surface area contributed by atoms with Gasteiger partial charge in [0.2, 0.25) is 10.0 Å². The van der Waals surface area contributed by atoms with Gasteiger partial charge < -0.3 is 4.74 Å². The lowest BCUT2D eigenvalue weighted by Crippen LogP contribution is -2.42. The van der Waals surface area contributed by atoms with Crippen molar-refractivity contribution in [2.45, 2.75) is 46.3 Å². The predicted octanol–water partition coefficient (Wildman–Crippen LogP) is 1.13. The molecule has 0 bridgehead atoms. The molecule has 86 valence electrons. The Morgan fingerprint density at radius 3 is 2.14 bits per heavy atom. The van der Waals surface area contributed by atoms with E-state index in [1.165, 1.54) is 0 Å². The standard InChI is InChI=1S/C9H21NO3S/c1-8(2)13-6-7-14(11,12)10-9(3,4)5/h8,10H,6-7H2,1-5H3. The number of hydrogen-bond donors (Lipinski definition) is 1. The first-order valence-corrected chi connectivity index (χ1v) is 6.41. The van der Waals surface area contributed by atoms with E-state index in [4.69, 9.17) is 4.74 Å². The van der Waals surface area contributed by atoms with Crippen molar-refractivity contribution in [2.75, 3.05) is 12.4 Å². The third-order valence-corrected chi connectivity index (χ3v) is 2.89. The molecule has 0 radical (unpaired) electrons. The lowest BCUT2D eigenvalue weighted by molar-refractivity contribution is 0.0911. The van der Waals surface area contributed by atoms with Crippen molar-refractivity contribution in [2.24, 2.45) is 0 Å². The van der Waals surface area contributed by atoms with Crippen LogP contribution in [0.1, 0.15) is 34.6 Å². The second-order valence-corrected chi connectivity index (χ2v) is 6.43. The van der Waals surface area contributed by atoms with E-state index in [0.29, 0.717) is 0 Å². The maximum atomic E-state index is 11.4. The van der Waals surface area contributed by atoms with Gasteiger partial charge >= 0.3 is 0 Å². The third kappa shape index (κ3) is 8.47. The molecule has 1 N–H and O–H groups in total. The van der Waals surface area contributed by atoms with Crippen LogP contribution in [-0.2, 0) is 14.8 Å². The fourth-order valence-corrected chi connectivity index (χ4v) is 2.26. The zero-order chi connectivity index (χ0) is 11.4. The van der Waals surface area contributed by atoms with Crippen molar-refractivity contribution in [3.63, 3.8) is 0 Å². The molecular weight excluding hydrogens is 202 g/mol. The minimum atomic E-state index is -3.21. The van der Waals surface area contributed by atoms with Gasteiger partial charge in [0.25, 0.3) is 0 Å². The largest absolute Gasteiger partial charge is 0.378 e. The summed E-state index contributed by atoms with van der Waals surface area (Å²) in [5.41, 5.74) is -0.420. The van der Waals surface area contributed by atoms with Crippen LogP contribution in [0.4, 0.5) is 0 Å². The van der Waals surface area contributed by atoms with Crippen LogP contribution in [0, 0.1) is 0 Å². The summed E-state index contributed by atoms with van der Waals surface area (Å²) < 4.78 is 30.6. The summed E-state index contributed by atoms with van der Waals surface area (Å²) in [7, 11) is -3.21. The van der Waals surface area contributed by atoms with E-state index in [2.05, 4.69) is 4.72 Å².